The number of benzene rings is 1. The molecule has 0 spiro atoms. The minimum Gasteiger partial charge on any atom is -0.481 e. The van der Waals surface area contributed by atoms with E-state index in [2.05, 4.69) is 0 Å². The molecule has 0 saturated carbocycles. The molecule has 1 N–H and O–H groups in total. The number of carboxylic acid groups (broad SMARTS) is 1. The van der Waals surface area contributed by atoms with E-state index in [1.54, 1.807) is 41.8 Å². The molecule has 0 radical (unpaired) electrons. The van der Waals surface area contributed by atoms with E-state index in [-0.39, 0.29) is 23.1 Å². The number of thiophene rings is 1. The first-order valence-electron chi connectivity index (χ1n) is 6.37. The van der Waals surface area contributed by atoms with Crippen LogP contribution in [0.2, 0.25) is 0 Å². The molecule has 1 aromatic heterocycles. The van der Waals surface area contributed by atoms with Crippen LogP contribution in [0.5, 0.6) is 0 Å². The van der Waals surface area contributed by atoms with Crippen LogP contribution >= 0.6 is 11.3 Å². The fraction of sp³-hybridized carbons (Fsp3) is 0.214. The number of fused-ring (bicyclic) bond motifs is 1. The van der Waals surface area contributed by atoms with Gasteiger partial charge >= 0.3 is 5.97 Å². The van der Waals surface area contributed by atoms with Crippen LogP contribution in [0.25, 0.3) is 0 Å². The molecule has 1 aliphatic heterocycles. The second-order valence-electron chi connectivity index (χ2n) is 4.82. The Bertz CT molecular complexity index is 768. The summed E-state index contributed by atoms with van der Waals surface area (Å²) in [6.07, 6.45) is -0.0759. The molecule has 3 rings (SSSR count). The van der Waals surface area contributed by atoms with Crippen molar-refractivity contribution >= 4 is 33.0 Å². The van der Waals surface area contributed by atoms with Gasteiger partial charge in [0.25, 0.3) is 10.0 Å². The third-order valence-electron chi connectivity index (χ3n) is 3.49. The Labute approximate surface area is 126 Å². The maximum absolute atomic E-state index is 12.7. The number of hydrogen-bond donors (Lipinski definition) is 1. The molecule has 110 valence electrons. The predicted molar refractivity (Wildman–Crippen MR) is 80.3 cm³/mol. The van der Waals surface area contributed by atoms with Gasteiger partial charge in [-0.25, -0.2) is 8.42 Å². The number of para-hydroxylation sites is 1. The smallest absolute Gasteiger partial charge is 0.304 e. The molecule has 1 atom stereocenters. The van der Waals surface area contributed by atoms with Crippen molar-refractivity contribution in [1.82, 2.24) is 0 Å². The molecule has 2 heterocycles. The average Bonchev–Trinajstić information content (AvgIpc) is 3.07. The average molecular weight is 323 g/mol. The van der Waals surface area contributed by atoms with Gasteiger partial charge in [-0.2, -0.15) is 0 Å². The third kappa shape index (κ3) is 2.43. The summed E-state index contributed by atoms with van der Waals surface area (Å²) in [5, 5.41) is 10.7. The van der Waals surface area contributed by atoms with Crippen LogP contribution < -0.4 is 4.31 Å². The predicted octanol–water partition coefficient (Wildman–Crippen LogP) is 2.52. The quantitative estimate of drug-likeness (QED) is 0.938. The maximum Gasteiger partial charge on any atom is 0.304 e. The largest absolute Gasteiger partial charge is 0.481 e. The van der Waals surface area contributed by atoms with Crippen molar-refractivity contribution in [3.63, 3.8) is 0 Å². The van der Waals surface area contributed by atoms with Gasteiger partial charge in [-0.15, -0.1) is 11.3 Å². The van der Waals surface area contributed by atoms with E-state index in [1.165, 1.54) is 4.31 Å². The number of hydrogen-bond acceptors (Lipinski definition) is 4. The van der Waals surface area contributed by atoms with Gasteiger partial charge in [-0.3, -0.25) is 9.10 Å². The highest BCUT2D eigenvalue weighted by atomic mass is 32.2. The third-order valence-corrected chi connectivity index (χ3v) is 6.64. The Kier molecular flexibility index (Phi) is 3.46. The number of carboxylic acids is 1. The molecule has 0 bridgehead atoms. The van der Waals surface area contributed by atoms with E-state index < -0.39 is 16.0 Å². The minimum atomic E-state index is -3.62. The van der Waals surface area contributed by atoms with Crippen molar-refractivity contribution < 1.29 is 18.3 Å². The summed E-state index contributed by atoms with van der Waals surface area (Å²) in [6.45, 7) is 0.172. The number of aliphatic carboxylic acids is 1. The van der Waals surface area contributed by atoms with Crippen LogP contribution in [0.15, 0.2) is 46.0 Å². The molecule has 1 aliphatic rings. The first-order chi connectivity index (χ1) is 10.00. The van der Waals surface area contributed by atoms with Gasteiger partial charge in [-0.05, 0) is 23.1 Å². The van der Waals surface area contributed by atoms with E-state index in [0.717, 1.165) is 16.9 Å². The molecular weight excluding hydrogens is 310 g/mol. The summed E-state index contributed by atoms with van der Waals surface area (Å²) in [4.78, 5) is 11.0. The summed E-state index contributed by atoms with van der Waals surface area (Å²) in [7, 11) is -3.62. The van der Waals surface area contributed by atoms with Gasteiger partial charge in [0.1, 0.15) is 4.21 Å². The van der Waals surface area contributed by atoms with E-state index >= 15 is 0 Å². The second-order valence-corrected chi connectivity index (χ2v) is 7.86. The molecule has 1 unspecified atom stereocenters. The fourth-order valence-electron chi connectivity index (χ4n) is 2.59. The van der Waals surface area contributed by atoms with Gasteiger partial charge in [0, 0.05) is 12.5 Å². The minimum absolute atomic E-state index is 0.0759. The Morgan fingerprint density at radius 3 is 2.71 bits per heavy atom. The second kappa shape index (κ2) is 5.16. The zero-order valence-corrected chi connectivity index (χ0v) is 12.6. The molecule has 7 heteroatoms. The van der Waals surface area contributed by atoms with Crippen LogP contribution in [0.4, 0.5) is 5.69 Å². The van der Waals surface area contributed by atoms with Crippen molar-refractivity contribution in [2.24, 2.45) is 0 Å². The zero-order valence-electron chi connectivity index (χ0n) is 11.0. The monoisotopic (exact) mass is 323 g/mol. The number of nitrogens with zero attached hydrogens (tertiary/aromatic N) is 1. The summed E-state index contributed by atoms with van der Waals surface area (Å²) >= 11 is 1.16. The summed E-state index contributed by atoms with van der Waals surface area (Å²) in [5.41, 5.74) is 1.36. The van der Waals surface area contributed by atoms with Crippen molar-refractivity contribution in [3.05, 3.63) is 47.3 Å². The van der Waals surface area contributed by atoms with Crippen LogP contribution in [0.3, 0.4) is 0 Å². The van der Waals surface area contributed by atoms with Crippen molar-refractivity contribution in [3.8, 4) is 0 Å². The van der Waals surface area contributed by atoms with Crippen LogP contribution in [-0.2, 0) is 14.8 Å². The number of carbonyl (C=O) groups is 1. The van der Waals surface area contributed by atoms with E-state index in [9.17, 15) is 13.2 Å². The Morgan fingerprint density at radius 1 is 1.29 bits per heavy atom. The molecule has 1 aromatic carbocycles. The van der Waals surface area contributed by atoms with Crippen LogP contribution in [0, 0.1) is 0 Å². The van der Waals surface area contributed by atoms with E-state index in [1.807, 2.05) is 0 Å². The lowest BCUT2D eigenvalue weighted by Gasteiger charge is -2.18. The van der Waals surface area contributed by atoms with Crippen molar-refractivity contribution in [2.45, 2.75) is 16.5 Å². The summed E-state index contributed by atoms with van der Waals surface area (Å²) < 4.78 is 26.9. The number of rotatable bonds is 4. The zero-order chi connectivity index (χ0) is 15.0. The lowest BCUT2D eigenvalue weighted by Crippen LogP contribution is -2.29. The lowest BCUT2D eigenvalue weighted by atomic mass is 9.98. The summed E-state index contributed by atoms with van der Waals surface area (Å²) in [5.74, 6) is -1.24. The SMILES string of the molecule is O=C(O)CC1CN(S(=O)(=O)c2cccs2)c2ccccc21. The van der Waals surface area contributed by atoms with Crippen LogP contribution in [-0.4, -0.2) is 26.0 Å². The lowest BCUT2D eigenvalue weighted by molar-refractivity contribution is -0.137. The molecule has 0 saturated heterocycles. The Hall–Kier alpha value is -1.86. The molecule has 21 heavy (non-hydrogen) atoms. The fourth-order valence-corrected chi connectivity index (χ4v) is 5.23. The van der Waals surface area contributed by atoms with Crippen molar-refractivity contribution in [1.29, 1.82) is 0 Å². The van der Waals surface area contributed by atoms with Gasteiger partial charge in [0.15, 0.2) is 0 Å². The molecule has 0 amide bonds. The molecule has 0 aliphatic carbocycles. The summed E-state index contributed by atoms with van der Waals surface area (Å²) in [6, 6.07) is 10.3. The van der Waals surface area contributed by atoms with Gasteiger partial charge in [-0.1, -0.05) is 24.3 Å². The first-order valence-corrected chi connectivity index (χ1v) is 8.69. The van der Waals surface area contributed by atoms with Gasteiger partial charge in [0.05, 0.1) is 12.1 Å². The molecule has 5 nitrogen and oxygen atoms in total. The van der Waals surface area contributed by atoms with Crippen LogP contribution in [0.1, 0.15) is 17.9 Å². The Morgan fingerprint density at radius 2 is 2.05 bits per heavy atom. The Balaban J connectivity index is 2.04. The number of anilines is 1. The first kappa shape index (κ1) is 14.1. The van der Waals surface area contributed by atoms with E-state index in [0.29, 0.717) is 5.69 Å². The normalized spacial score (nSPS) is 17.7. The molecular formula is C14H13NO4S2. The number of sulfonamides is 1. The van der Waals surface area contributed by atoms with Gasteiger partial charge < -0.3 is 5.11 Å². The highest BCUT2D eigenvalue weighted by Crippen LogP contribution is 2.41. The topological polar surface area (TPSA) is 74.7 Å². The van der Waals surface area contributed by atoms with E-state index in [4.69, 9.17) is 5.11 Å². The van der Waals surface area contributed by atoms with Gasteiger partial charge in [0.2, 0.25) is 0 Å². The standard InChI is InChI=1S/C14H13NO4S2/c16-13(17)8-10-9-15(12-5-2-1-4-11(10)12)21(18,19)14-6-3-7-20-14/h1-7,10H,8-9H2,(H,16,17). The maximum atomic E-state index is 12.7. The molecule has 0 fully saturated rings. The highest BCUT2D eigenvalue weighted by Gasteiger charge is 2.37. The molecule has 2 aromatic rings. The highest BCUT2D eigenvalue weighted by molar-refractivity contribution is 7.94. The van der Waals surface area contributed by atoms with Crippen molar-refractivity contribution in [2.75, 3.05) is 10.8 Å².